The number of nitrogens with one attached hydrogen (secondary N) is 1. The molecule has 0 radical (unpaired) electrons. The zero-order valence-corrected chi connectivity index (χ0v) is 13.3. The van der Waals surface area contributed by atoms with E-state index >= 15 is 0 Å². The van der Waals surface area contributed by atoms with E-state index in [4.69, 9.17) is 5.73 Å². The van der Waals surface area contributed by atoms with Crippen LogP contribution in [-0.2, 0) is 22.4 Å². The highest BCUT2D eigenvalue weighted by Gasteiger charge is 2.24. The lowest BCUT2D eigenvalue weighted by Gasteiger charge is -2.18. The van der Waals surface area contributed by atoms with Crippen molar-refractivity contribution in [2.45, 2.75) is 24.9 Å². The number of hydrogen-bond acceptors (Lipinski definition) is 3. The second kappa shape index (κ2) is 8.34. The Morgan fingerprint density at radius 1 is 1.00 bits per heavy atom. The van der Waals surface area contributed by atoms with Gasteiger partial charge in [0, 0.05) is 6.42 Å². The highest BCUT2D eigenvalue weighted by Crippen LogP contribution is 2.08. The molecule has 0 fully saturated rings. The van der Waals surface area contributed by atoms with E-state index < -0.39 is 35.6 Å². The van der Waals surface area contributed by atoms with Crippen LogP contribution in [0.15, 0.2) is 48.5 Å². The molecule has 25 heavy (non-hydrogen) atoms. The zero-order valence-electron chi connectivity index (χ0n) is 13.3. The summed E-state index contributed by atoms with van der Waals surface area (Å²) in [6.45, 7) is 0. The van der Waals surface area contributed by atoms with E-state index in [1.807, 2.05) is 0 Å². The van der Waals surface area contributed by atoms with Crippen LogP contribution in [0.3, 0.4) is 0 Å². The van der Waals surface area contributed by atoms with Crippen molar-refractivity contribution in [3.05, 3.63) is 71.3 Å². The van der Waals surface area contributed by atoms with Crippen molar-refractivity contribution in [1.29, 1.82) is 0 Å². The van der Waals surface area contributed by atoms with Crippen LogP contribution in [0.1, 0.15) is 11.1 Å². The second-order valence-electron chi connectivity index (χ2n) is 5.67. The van der Waals surface area contributed by atoms with E-state index in [2.05, 4.69) is 5.32 Å². The lowest BCUT2D eigenvalue weighted by Crippen LogP contribution is -2.50. The summed E-state index contributed by atoms with van der Waals surface area (Å²) in [7, 11) is 0. The van der Waals surface area contributed by atoms with E-state index in [9.17, 15) is 23.5 Å². The standard InChI is InChI=1S/C18H18F2N2O3/c19-13-6-4-11(5-7-13)9-15(21)17(23)22-16(18(24)25)10-12-2-1-3-14(20)8-12/h1-8,15-16H,9-10,21H2,(H,22,23)(H,24,25). The summed E-state index contributed by atoms with van der Waals surface area (Å²) in [6, 6.07) is 8.79. The largest absolute Gasteiger partial charge is 0.480 e. The number of halogens is 2. The molecule has 2 aromatic rings. The average Bonchev–Trinajstić information content (AvgIpc) is 2.56. The molecule has 2 aromatic carbocycles. The van der Waals surface area contributed by atoms with Crippen LogP contribution in [0, 0.1) is 11.6 Å². The smallest absolute Gasteiger partial charge is 0.326 e. The first-order chi connectivity index (χ1) is 11.8. The number of hydrogen-bond donors (Lipinski definition) is 3. The number of carbonyl (C=O) groups excluding carboxylic acids is 1. The highest BCUT2D eigenvalue weighted by molar-refractivity contribution is 5.87. The molecule has 7 heteroatoms. The fraction of sp³-hybridized carbons (Fsp3) is 0.222. The maximum atomic E-state index is 13.2. The molecule has 0 saturated carbocycles. The van der Waals surface area contributed by atoms with Crippen molar-refractivity contribution >= 4 is 11.9 Å². The predicted octanol–water partition coefficient (Wildman–Crippen LogP) is 1.65. The third-order valence-electron chi connectivity index (χ3n) is 3.65. The van der Waals surface area contributed by atoms with Crippen LogP contribution in [0.4, 0.5) is 8.78 Å². The van der Waals surface area contributed by atoms with Gasteiger partial charge in [0.25, 0.3) is 0 Å². The second-order valence-corrected chi connectivity index (χ2v) is 5.67. The van der Waals surface area contributed by atoms with Crippen LogP contribution in [0.5, 0.6) is 0 Å². The third kappa shape index (κ3) is 5.65. The van der Waals surface area contributed by atoms with E-state index in [0.29, 0.717) is 11.1 Å². The molecule has 0 aromatic heterocycles. The summed E-state index contributed by atoms with van der Waals surface area (Å²) < 4.78 is 26.1. The Balaban J connectivity index is 1.99. The lowest BCUT2D eigenvalue weighted by atomic mass is 10.0. The first kappa shape index (κ1) is 18.5. The molecule has 1 amide bonds. The van der Waals surface area contributed by atoms with Gasteiger partial charge in [-0.15, -0.1) is 0 Å². The molecule has 0 aliphatic carbocycles. The third-order valence-corrected chi connectivity index (χ3v) is 3.65. The van der Waals surface area contributed by atoms with Crippen molar-refractivity contribution in [2.24, 2.45) is 5.73 Å². The summed E-state index contributed by atoms with van der Waals surface area (Å²) in [6.07, 6.45) is 0.0700. The average molecular weight is 348 g/mol. The molecule has 132 valence electrons. The molecule has 0 aliphatic rings. The van der Waals surface area contributed by atoms with Gasteiger partial charge in [-0.05, 0) is 41.8 Å². The molecular weight excluding hydrogens is 330 g/mol. The molecule has 0 spiro atoms. The predicted molar refractivity (Wildman–Crippen MR) is 87.7 cm³/mol. The first-order valence-corrected chi connectivity index (χ1v) is 7.63. The van der Waals surface area contributed by atoms with Gasteiger partial charge in [-0.1, -0.05) is 24.3 Å². The number of carboxylic acids is 1. The van der Waals surface area contributed by atoms with Gasteiger partial charge in [-0.2, -0.15) is 0 Å². The zero-order chi connectivity index (χ0) is 18.4. The maximum Gasteiger partial charge on any atom is 0.326 e. The number of carboxylic acid groups (broad SMARTS) is 1. The molecule has 4 N–H and O–H groups in total. The minimum atomic E-state index is -1.24. The van der Waals surface area contributed by atoms with Crippen LogP contribution in [0.2, 0.25) is 0 Å². The van der Waals surface area contributed by atoms with Crippen LogP contribution in [-0.4, -0.2) is 29.1 Å². The topological polar surface area (TPSA) is 92.4 Å². The highest BCUT2D eigenvalue weighted by atomic mass is 19.1. The van der Waals surface area contributed by atoms with Crippen molar-refractivity contribution in [1.82, 2.24) is 5.32 Å². The molecular formula is C18H18F2N2O3. The summed E-state index contributed by atoms with van der Waals surface area (Å²) in [4.78, 5) is 23.5. The number of carbonyl (C=O) groups is 2. The molecule has 2 unspecified atom stereocenters. The number of benzene rings is 2. The summed E-state index contributed by atoms with van der Waals surface area (Å²) in [5.74, 6) is -2.77. The van der Waals surface area contributed by atoms with Crippen molar-refractivity contribution < 1.29 is 23.5 Å². The number of aliphatic carboxylic acids is 1. The van der Waals surface area contributed by atoms with Crippen LogP contribution < -0.4 is 11.1 Å². The molecule has 0 aliphatic heterocycles. The molecule has 0 heterocycles. The fourth-order valence-corrected chi connectivity index (χ4v) is 2.35. The van der Waals surface area contributed by atoms with Gasteiger partial charge in [-0.3, -0.25) is 4.79 Å². The van der Waals surface area contributed by atoms with Crippen molar-refractivity contribution in [2.75, 3.05) is 0 Å². The minimum absolute atomic E-state index is 0.0674. The Labute approximate surface area is 143 Å². The van der Waals surface area contributed by atoms with Gasteiger partial charge >= 0.3 is 5.97 Å². The van der Waals surface area contributed by atoms with Crippen molar-refractivity contribution in [3.63, 3.8) is 0 Å². The normalized spacial score (nSPS) is 13.1. The number of rotatable bonds is 7. The van der Waals surface area contributed by atoms with Crippen LogP contribution >= 0.6 is 0 Å². The summed E-state index contributed by atoms with van der Waals surface area (Å²) in [5, 5.41) is 11.6. The molecule has 5 nitrogen and oxygen atoms in total. The number of amides is 1. The molecule has 0 bridgehead atoms. The van der Waals surface area contributed by atoms with E-state index in [1.54, 1.807) is 6.07 Å². The van der Waals surface area contributed by atoms with Gasteiger partial charge < -0.3 is 16.2 Å². The summed E-state index contributed by atoms with van der Waals surface area (Å²) in [5.41, 5.74) is 6.89. The Bertz CT molecular complexity index is 750. The molecule has 2 rings (SSSR count). The lowest BCUT2D eigenvalue weighted by molar-refractivity contribution is -0.141. The van der Waals surface area contributed by atoms with Crippen LogP contribution in [0.25, 0.3) is 0 Å². The fourth-order valence-electron chi connectivity index (χ4n) is 2.35. The van der Waals surface area contributed by atoms with Gasteiger partial charge in [0.1, 0.15) is 17.7 Å². The molecule has 2 atom stereocenters. The SMILES string of the molecule is NC(Cc1ccc(F)cc1)C(=O)NC(Cc1cccc(F)c1)C(=O)O. The Morgan fingerprint density at radius 3 is 2.28 bits per heavy atom. The summed E-state index contributed by atoms with van der Waals surface area (Å²) >= 11 is 0. The Kier molecular flexibility index (Phi) is 6.19. The van der Waals surface area contributed by atoms with Gasteiger partial charge in [0.05, 0.1) is 6.04 Å². The van der Waals surface area contributed by atoms with E-state index in [1.165, 1.54) is 42.5 Å². The quantitative estimate of drug-likeness (QED) is 0.709. The minimum Gasteiger partial charge on any atom is -0.480 e. The molecule has 0 saturated heterocycles. The van der Waals surface area contributed by atoms with E-state index in [0.717, 1.165) is 0 Å². The Hall–Kier alpha value is -2.80. The van der Waals surface area contributed by atoms with E-state index in [-0.39, 0.29) is 12.8 Å². The van der Waals surface area contributed by atoms with Gasteiger partial charge in [0.15, 0.2) is 0 Å². The van der Waals surface area contributed by atoms with Crippen molar-refractivity contribution in [3.8, 4) is 0 Å². The number of nitrogens with two attached hydrogens (primary N) is 1. The van der Waals surface area contributed by atoms with Gasteiger partial charge in [-0.25, -0.2) is 13.6 Å². The maximum absolute atomic E-state index is 13.2. The Morgan fingerprint density at radius 2 is 1.68 bits per heavy atom. The monoisotopic (exact) mass is 348 g/mol. The first-order valence-electron chi connectivity index (χ1n) is 7.63. The van der Waals surface area contributed by atoms with Gasteiger partial charge in [0.2, 0.25) is 5.91 Å².